The van der Waals surface area contributed by atoms with Gasteiger partial charge in [0.15, 0.2) is 0 Å². The number of benzene rings is 2. The lowest BCUT2D eigenvalue weighted by atomic mass is 9.98. The highest BCUT2D eigenvalue weighted by Crippen LogP contribution is 2.23. The SMILES string of the molecule is O=C(NCc1ccccc1F)C1CCCN(S(=O)(=O)Cc2cccc(Cl)c2)C1. The molecule has 1 fully saturated rings. The highest BCUT2D eigenvalue weighted by molar-refractivity contribution is 7.88. The van der Waals surface area contributed by atoms with E-state index in [1.165, 1.54) is 10.4 Å². The Hall–Kier alpha value is -1.96. The van der Waals surface area contributed by atoms with Crippen LogP contribution in [0.5, 0.6) is 0 Å². The summed E-state index contributed by atoms with van der Waals surface area (Å²) in [6.07, 6.45) is 1.21. The molecule has 1 aliphatic rings. The van der Waals surface area contributed by atoms with Crippen LogP contribution in [0.25, 0.3) is 0 Å². The lowest BCUT2D eigenvalue weighted by molar-refractivity contribution is -0.126. The highest BCUT2D eigenvalue weighted by Gasteiger charge is 2.32. The first-order chi connectivity index (χ1) is 13.3. The standard InChI is InChI=1S/C20H22ClFN2O3S/c21-18-8-3-5-15(11-18)14-28(26,27)24-10-4-7-17(13-24)20(25)23-12-16-6-1-2-9-19(16)22/h1-3,5-6,8-9,11,17H,4,7,10,12-14H2,(H,23,25). The molecule has 1 unspecified atom stereocenters. The third-order valence-electron chi connectivity index (χ3n) is 4.80. The van der Waals surface area contributed by atoms with Crippen LogP contribution in [0.15, 0.2) is 48.5 Å². The van der Waals surface area contributed by atoms with E-state index in [-0.39, 0.29) is 30.6 Å². The Morgan fingerprint density at radius 2 is 2.00 bits per heavy atom. The van der Waals surface area contributed by atoms with Gasteiger partial charge in [0.1, 0.15) is 5.82 Å². The Morgan fingerprint density at radius 1 is 1.21 bits per heavy atom. The summed E-state index contributed by atoms with van der Waals surface area (Å²) in [6, 6.07) is 13.0. The zero-order valence-electron chi connectivity index (χ0n) is 15.3. The molecule has 0 spiro atoms. The van der Waals surface area contributed by atoms with Gasteiger partial charge in [0, 0.05) is 30.2 Å². The lowest BCUT2D eigenvalue weighted by Gasteiger charge is -2.31. The number of rotatable bonds is 6. The molecule has 2 aromatic rings. The van der Waals surface area contributed by atoms with Gasteiger partial charge in [0.25, 0.3) is 0 Å². The molecule has 1 amide bonds. The summed E-state index contributed by atoms with van der Waals surface area (Å²) in [6.45, 7) is 0.600. The number of amides is 1. The maximum atomic E-state index is 13.7. The van der Waals surface area contributed by atoms with E-state index in [9.17, 15) is 17.6 Å². The van der Waals surface area contributed by atoms with Crippen LogP contribution in [0, 0.1) is 11.7 Å². The molecule has 2 aromatic carbocycles. The van der Waals surface area contributed by atoms with Gasteiger partial charge in [-0.15, -0.1) is 0 Å². The van der Waals surface area contributed by atoms with E-state index in [2.05, 4.69) is 5.32 Å². The average Bonchev–Trinajstić information content (AvgIpc) is 2.67. The molecule has 3 rings (SSSR count). The summed E-state index contributed by atoms with van der Waals surface area (Å²) in [5.74, 6) is -1.24. The molecule has 1 N–H and O–H groups in total. The molecule has 5 nitrogen and oxygen atoms in total. The number of sulfonamides is 1. The van der Waals surface area contributed by atoms with Crippen molar-refractivity contribution in [1.29, 1.82) is 0 Å². The second-order valence-corrected chi connectivity index (χ2v) is 9.30. The number of nitrogens with zero attached hydrogens (tertiary/aromatic N) is 1. The number of carbonyl (C=O) groups is 1. The van der Waals surface area contributed by atoms with Crippen molar-refractivity contribution in [2.45, 2.75) is 25.1 Å². The van der Waals surface area contributed by atoms with E-state index in [1.54, 1.807) is 42.5 Å². The van der Waals surface area contributed by atoms with Crippen LogP contribution in [0.4, 0.5) is 4.39 Å². The van der Waals surface area contributed by atoms with Crippen LogP contribution in [-0.4, -0.2) is 31.7 Å². The Bertz CT molecular complexity index is 952. The minimum absolute atomic E-state index is 0.0806. The quantitative estimate of drug-likeness (QED) is 0.773. The fraction of sp³-hybridized carbons (Fsp3) is 0.350. The van der Waals surface area contributed by atoms with Crippen molar-refractivity contribution in [2.24, 2.45) is 5.92 Å². The molecular formula is C20H22ClFN2O3S. The summed E-state index contributed by atoms with van der Waals surface area (Å²) in [4.78, 5) is 12.5. The van der Waals surface area contributed by atoms with Gasteiger partial charge < -0.3 is 5.32 Å². The molecule has 0 saturated carbocycles. The van der Waals surface area contributed by atoms with Crippen molar-refractivity contribution in [3.05, 3.63) is 70.5 Å². The number of hydrogen-bond donors (Lipinski definition) is 1. The van der Waals surface area contributed by atoms with Gasteiger partial charge in [0.2, 0.25) is 15.9 Å². The first kappa shape index (κ1) is 20.8. The Balaban J connectivity index is 1.61. The fourth-order valence-corrected chi connectivity index (χ4v) is 5.12. The number of halogens is 2. The van der Waals surface area contributed by atoms with Gasteiger partial charge >= 0.3 is 0 Å². The fourth-order valence-electron chi connectivity index (χ4n) is 3.31. The number of hydrogen-bond acceptors (Lipinski definition) is 3. The Morgan fingerprint density at radius 3 is 2.75 bits per heavy atom. The highest BCUT2D eigenvalue weighted by atomic mass is 35.5. The maximum absolute atomic E-state index is 13.7. The lowest BCUT2D eigenvalue weighted by Crippen LogP contribution is -2.45. The third-order valence-corrected chi connectivity index (χ3v) is 6.85. The molecule has 1 saturated heterocycles. The van der Waals surface area contributed by atoms with Crippen molar-refractivity contribution in [1.82, 2.24) is 9.62 Å². The largest absolute Gasteiger partial charge is 0.352 e. The molecular weight excluding hydrogens is 403 g/mol. The summed E-state index contributed by atoms with van der Waals surface area (Å²) in [5, 5.41) is 3.20. The third kappa shape index (κ3) is 5.31. The van der Waals surface area contributed by atoms with E-state index in [0.29, 0.717) is 35.5 Å². The van der Waals surface area contributed by atoms with Crippen LogP contribution in [0.1, 0.15) is 24.0 Å². The first-order valence-electron chi connectivity index (χ1n) is 9.08. The Labute approximate surface area is 169 Å². The van der Waals surface area contributed by atoms with Gasteiger partial charge in [-0.05, 0) is 36.6 Å². The van der Waals surface area contributed by atoms with Crippen molar-refractivity contribution < 1.29 is 17.6 Å². The van der Waals surface area contributed by atoms with Crippen molar-refractivity contribution >= 4 is 27.5 Å². The van der Waals surface area contributed by atoms with E-state index in [0.717, 1.165) is 0 Å². The maximum Gasteiger partial charge on any atom is 0.224 e. The number of piperidine rings is 1. The monoisotopic (exact) mass is 424 g/mol. The van der Waals surface area contributed by atoms with Gasteiger partial charge in [-0.25, -0.2) is 17.1 Å². The van der Waals surface area contributed by atoms with Crippen LogP contribution < -0.4 is 5.32 Å². The normalized spacial score (nSPS) is 18.0. The van der Waals surface area contributed by atoms with Crippen LogP contribution in [-0.2, 0) is 27.1 Å². The zero-order valence-corrected chi connectivity index (χ0v) is 16.8. The van der Waals surface area contributed by atoms with E-state index >= 15 is 0 Å². The van der Waals surface area contributed by atoms with Gasteiger partial charge in [-0.2, -0.15) is 0 Å². The average molecular weight is 425 g/mol. The van der Waals surface area contributed by atoms with E-state index in [4.69, 9.17) is 11.6 Å². The molecule has 0 bridgehead atoms. The molecule has 150 valence electrons. The molecule has 1 heterocycles. The first-order valence-corrected chi connectivity index (χ1v) is 11.1. The predicted molar refractivity (Wildman–Crippen MR) is 107 cm³/mol. The van der Waals surface area contributed by atoms with Gasteiger partial charge in [0.05, 0.1) is 11.7 Å². The van der Waals surface area contributed by atoms with Gasteiger partial charge in [-0.1, -0.05) is 41.9 Å². The zero-order chi connectivity index (χ0) is 20.1. The molecule has 28 heavy (non-hydrogen) atoms. The topological polar surface area (TPSA) is 66.5 Å². The number of carbonyl (C=O) groups excluding carboxylic acids is 1. The van der Waals surface area contributed by atoms with Gasteiger partial charge in [-0.3, -0.25) is 4.79 Å². The predicted octanol–water partition coefficient (Wildman–Crippen LogP) is 3.34. The van der Waals surface area contributed by atoms with Crippen LogP contribution in [0.3, 0.4) is 0 Å². The summed E-state index contributed by atoms with van der Waals surface area (Å²) in [7, 11) is -3.56. The summed E-state index contributed by atoms with van der Waals surface area (Å²) >= 11 is 5.93. The second kappa shape index (κ2) is 9.03. The molecule has 0 aliphatic carbocycles. The summed E-state index contributed by atoms with van der Waals surface area (Å²) < 4.78 is 40.6. The van der Waals surface area contributed by atoms with Crippen molar-refractivity contribution in [2.75, 3.05) is 13.1 Å². The van der Waals surface area contributed by atoms with Crippen LogP contribution in [0.2, 0.25) is 5.02 Å². The molecule has 8 heteroatoms. The molecule has 1 atom stereocenters. The second-order valence-electron chi connectivity index (χ2n) is 6.89. The summed E-state index contributed by atoms with van der Waals surface area (Å²) in [5.41, 5.74) is 1.01. The Kier molecular flexibility index (Phi) is 6.69. The minimum atomic E-state index is -3.56. The molecule has 1 aliphatic heterocycles. The minimum Gasteiger partial charge on any atom is -0.352 e. The van der Waals surface area contributed by atoms with E-state index < -0.39 is 15.9 Å². The number of nitrogens with one attached hydrogen (secondary N) is 1. The molecule has 0 radical (unpaired) electrons. The smallest absolute Gasteiger partial charge is 0.224 e. The molecule has 0 aromatic heterocycles. The van der Waals surface area contributed by atoms with E-state index in [1.807, 2.05) is 0 Å². The van der Waals surface area contributed by atoms with Crippen LogP contribution >= 0.6 is 11.6 Å². The van der Waals surface area contributed by atoms with Crippen molar-refractivity contribution in [3.63, 3.8) is 0 Å². The van der Waals surface area contributed by atoms with Crippen molar-refractivity contribution in [3.8, 4) is 0 Å².